The zero-order chi connectivity index (χ0) is 14.1. The summed E-state index contributed by atoms with van der Waals surface area (Å²) in [6.45, 7) is 2.02. The highest BCUT2D eigenvalue weighted by molar-refractivity contribution is 6.30. The molecule has 1 aromatic carbocycles. The average molecular weight is 288 g/mol. The molecular formula is C16H18ClN3. The van der Waals surface area contributed by atoms with Gasteiger partial charge in [0.2, 0.25) is 0 Å². The maximum absolute atomic E-state index is 6.15. The largest absolute Gasteiger partial charge is 0.383 e. The Morgan fingerprint density at radius 3 is 2.70 bits per heavy atom. The average Bonchev–Trinajstić information content (AvgIpc) is 2.64. The van der Waals surface area contributed by atoms with Gasteiger partial charge in [0.05, 0.1) is 0 Å². The van der Waals surface area contributed by atoms with Crippen LogP contribution in [0.25, 0.3) is 11.4 Å². The molecule has 3 rings (SSSR count). The minimum absolute atomic E-state index is 0.640. The van der Waals surface area contributed by atoms with E-state index in [9.17, 15) is 0 Å². The molecule has 0 unspecified atom stereocenters. The van der Waals surface area contributed by atoms with Crippen molar-refractivity contribution in [2.75, 3.05) is 5.73 Å². The van der Waals surface area contributed by atoms with Crippen LogP contribution in [0.3, 0.4) is 0 Å². The lowest BCUT2D eigenvalue weighted by molar-refractivity contribution is 0.709. The van der Waals surface area contributed by atoms with Crippen molar-refractivity contribution in [3.63, 3.8) is 0 Å². The van der Waals surface area contributed by atoms with Crippen LogP contribution in [0.1, 0.15) is 36.1 Å². The van der Waals surface area contributed by atoms with Crippen LogP contribution in [-0.2, 0) is 12.8 Å². The van der Waals surface area contributed by atoms with Gasteiger partial charge in [-0.3, -0.25) is 0 Å². The summed E-state index contributed by atoms with van der Waals surface area (Å²) in [5.41, 5.74) is 10.5. The first-order chi connectivity index (χ1) is 9.65. The van der Waals surface area contributed by atoms with E-state index in [1.807, 2.05) is 25.1 Å². The van der Waals surface area contributed by atoms with E-state index in [0.717, 1.165) is 46.1 Å². The van der Waals surface area contributed by atoms with Crippen LogP contribution < -0.4 is 5.73 Å². The molecule has 0 saturated carbocycles. The van der Waals surface area contributed by atoms with E-state index in [0.29, 0.717) is 5.82 Å². The van der Waals surface area contributed by atoms with Gasteiger partial charge in [-0.2, -0.15) is 0 Å². The second-order valence-electron chi connectivity index (χ2n) is 5.38. The van der Waals surface area contributed by atoms with Crippen molar-refractivity contribution in [2.45, 2.75) is 39.0 Å². The van der Waals surface area contributed by atoms with Gasteiger partial charge in [-0.1, -0.05) is 18.0 Å². The summed E-state index contributed by atoms with van der Waals surface area (Å²) in [6, 6.07) is 5.77. The Morgan fingerprint density at radius 2 is 1.90 bits per heavy atom. The zero-order valence-corrected chi connectivity index (χ0v) is 12.4. The first-order valence-electron chi connectivity index (χ1n) is 7.07. The molecule has 0 aliphatic heterocycles. The van der Waals surface area contributed by atoms with Crippen molar-refractivity contribution in [3.8, 4) is 11.4 Å². The highest BCUT2D eigenvalue weighted by Crippen LogP contribution is 2.28. The van der Waals surface area contributed by atoms with Crippen LogP contribution in [0.2, 0.25) is 5.02 Å². The van der Waals surface area contributed by atoms with Gasteiger partial charge in [0.15, 0.2) is 5.82 Å². The monoisotopic (exact) mass is 287 g/mol. The van der Waals surface area contributed by atoms with Crippen LogP contribution in [0.4, 0.5) is 5.82 Å². The molecule has 4 heteroatoms. The van der Waals surface area contributed by atoms with E-state index in [4.69, 9.17) is 22.3 Å². The predicted octanol–water partition coefficient (Wildman–Crippen LogP) is 3.96. The van der Waals surface area contributed by atoms with E-state index in [1.165, 1.54) is 19.3 Å². The van der Waals surface area contributed by atoms with Crippen molar-refractivity contribution in [2.24, 2.45) is 0 Å². The normalized spacial score (nSPS) is 14.7. The number of hydrogen-bond acceptors (Lipinski definition) is 3. The number of aryl methyl sites for hydroxylation is 2. The molecule has 1 aliphatic rings. The molecule has 0 fully saturated rings. The Morgan fingerprint density at radius 1 is 1.10 bits per heavy atom. The van der Waals surface area contributed by atoms with Crippen LogP contribution in [0, 0.1) is 6.92 Å². The van der Waals surface area contributed by atoms with E-state index in [-0.39, 0.29) is 0 Å². The first kappa shape index (κ1) is 13.4. The number of halogens is 1. The predicted molar refractivity (Wildman–Crippen MR) is 82.9 cm³/mol. The number of anilines is 1. The van der Waals surface area contributed by atoms with Crippen molar-refractivity contribution in [1.29, 1.82) is 0 Å². The molecule has 20 heavy (non-hydrogen) atoms. The number of aromatic nitrogens is 2. The molecule has 0 spiro atoms. The molecule has 1 heterocycles. The van der Waals surface area contributed by atoms with Crippen molar-refractivity contribution >= 4 is 17.4 Å². The van der Waals surface area contributed by atoms with Gasteiger partial charge in [0, 0.05) is 21.8 Å². The van der Waals surface area contributed by atoms with Gasteiger partial charge in [-0.05, 0) is 56.4 Å². The fourth-order valence-electron chi connectivity index (χ4n) is 2.80. The molecule has 2 aromatic rings. The second kappa shape index (κ2) is 5.41. The standard InChI is InChI=1S/C16H18ClN3/c1-10-9-11(17)7-8-12(10)16-19-14-6-4-2-3-5-13(14)15(18)20-16/h7-9H,2-6H2,1H3,(H2,18,19,20). The van der Waals surface area contributed by atoms with E-state index in [1.54, 1.807) is 0 Å². The molecule has 0 saturated heterocycles. The molecule has 3 nitrogen and oxygen atoms in total. The molecule has 0 bridgehead atoms. The summed E-state index contributed by atoms with van der Waals surface area (Å²) >= 11 is 6.01. The number of nitrogen functional groups attached to an aromatic ring is 1. The van der Waals surface area contributed by atoms with Gasteiger partial charge >= 0.3 is 0 Å². The van der Waals surface area contributed by atoms with Crippen molar-refractivity contribution in [1.82, 2.24) is 9.97 Å². The minimum atomic E-state index is 0.640. The van der Waals surface area contributed by atoms with Crippen LogP contribution in [-0.4, -0.2) is 9.97 Å². The van der Waals surface area contributed by atoms with E-state index < -0.39 is 0 Å². The fourth-order valence-corrected chi connectivity index (χ4v) is 3.02. The van der Waals surface area contributed by atoms with E-state index >= 15 is 0 Å². The first-order valence-corrected chi connectivity index (χ1v) is 7.45. The third-order valence-electron chi connectivity index (χ3n) is 3.89. The second-order valence-corrected chi connectivity index (χ2v) is 5.81. The van der Waals surface area contributed by atoms with Gasteiger partial charge in [-0.15, -0.1) is 0 Å². The number of benzene rings is 1. The Hall–Kier alpha value is -1.61. The van der Waals surface area contributed by atoms with E-state index in [2.05, 4.69) is 4.98 Å². The lowest BCUT2D eigenvalue weighted by atomic mass is 10.1. The van der Waals surface area contributed by atoms with Gasteiger partial charge in [-0.25, -0.2) is 9.97 Å². The number of hydrogen-bond donors (Lipinski definition) is 1. The Bertz CT molecular complexity index is 652. The van der Waals surface area contributed by atoms with Crippen molar-refractivity contribution in [3.05, 3.63) is 40.0 Å². The molecule has 0 atom stereocenters. The van der Waals surface area contributed by atoms with Gasteiger partial charge in [0.1, 0.15) is 5.82 Å². The molecular weight excluding hydrogens is 270 g/mol. The third kappa shape index (κ3) is 2.50. The maximum Gasteiger partial charge on any atom is 0.162 e. The Labute approximate surface area is 124 Å². The summed E-state index contributed by atoms with van der Waals surface area (Å²) in [7, 11) is 0. The summed E-state index contributed by atoms with van der Waals surface area (Å²) < 4.78 is 0. The topological polar surface area (TPSA) is 51.8 Å². The highest BCUT2D eigenvalue weighted by atomic mass is 35.5. The minimum Gasteiger partial charge on any atom is -0.383 e. The van der Waals surface area contributed by atoms with Crippen molar-refractivity contribution < 1.29 is 0 Å². The zero-order valence-electron chi connectivity index (χ0n) is 11.6. The maximum atomic E-state index is 6.15. The molecule has 2 N–H and O–H groups in total. The van der Waals surface area contributed by atoms with Crippen LogP contribution >= 0.6 is 11.6 Å². The fraction of sp³-hybridized carbons (Fsp3) is 0.375. The number of fused-ring (bicyclic) bond motifs is 1. The summed E-state index contributed by atoms with van der Waals surface area (Å²) in [4.78, 5) is 9.27. The third-order valence-corrected chi connectivity index (χ3v) is 4.13. The van der Waals surface area contributed by atoms with Gasteiger partial charge < -0.3 is 5.73 Å². The van der Waals surface area contributed by atoms with Crippen LogP contribution in [0.5, 0.6) is 0 Å². The number of nitrogens with zero attached hydrogens (tertiary/aromatic N) is 2. The van der Waals surface area contributed by atoms with Crippen LogP contribution in [0.15, 0.2) is 18.2 Å². The molecule has 1 aromatic heterocycles. The lowest BCUT2D eigenvalue weighted by Crippen LogP contribution is -2.07. The Balaban J connectivity index is 2.11. The van der Waals surface area contributed by atoms with Gasteiger partial charge in [0.25, 0.3) is 0 Å². The SMILES string of the molecule is Cc1cc(Cl)ccc1-c1nc(N)c2c(n1)CCCCC2. The molecule has 0 amide bonds. The summed E-state index contributed by atoms with van der Waals surface area (Å²) in [5, 5.41) is 0.731. The number of nitrogens with two attached hydrogens (primary N) is 1. The quantitative estimate of drug-likeness (QED) is 0.808. The molecule has 104 valence electrons. The number of rotatable bonds is 1. The summed E-state index contributed by atoms with van der Waals surface area (Å²) in [6.07, 6.45) is 5.61. The smallest absolute Gasteiger partial charge is 0.162 e. The Kier molecular flexibility index (Phi) is 3.62. The highest BCUT2D eigenvalue weighted by Gasteiger charge is 2.16. The summed E-state index contributed by atoms with van der Waals surface area (Å²) in [5.74, 6) is 1.36. The molecule has 1 aliphatic carbocycles. The lowest BCUT2D eigenvalue weighted by Gasteiger charge is -2.12. The molecule has 0 radical (unpaired) electrons.